The Hall–Kier alpha value is -3.26. The number of thiophene rings is 1. The largest absolute Gasteiger partial charge is 0.451 e. The van der Waals surface area contributed by atoms with Crippen LogP contribution < -0.4 is 10.6 Å². The predicted molar refractivity (Wildman–Crippen MR) is 117 cm³/mol. The fourth-order valence-corrected chi connectivity index (χ4v) is 4.61. The Morgan fingerprint density at radius 3 is 2.61 bits per heavy atom. The van der Waals surface area contributed by atoms with E-state index in [4.69, 9.17) is 4.74 Å². The summed E-state index contributed by atoms with van der Waals surface area (Å²) in [4.78, 5) is 37.4. The molecule has 0 unspecified atom stereocenters. The number of halogens is 1. The number of carbonyl (C=O) groups is 3. The van der Waals surface area contributed by atoms with E-state index in [0.717, 1.165) is 37.0 Å². The first-order valence-corrected chi connectivity index (χ1v) is 10.9. The fourth-order valence-electron chi connectivity index (χ4n) is 3.64. The van der Waals surface area contributed by atoms with Crippen molar-refractivity contribution in [3.63, 3.8) is 0 Å². The van der Waals surface area contributed by atoms with E-state index in [1.54, 1.807) is 36.4 Å². The van der Waals surface area contributed by atoms with Crippen molar-refractivity contribution in [1.82, 2.24) is 5.32 Å². The fraction of sp³-hybridized carbons (Fsp3) is 0.261. The van der Waals surface area contributed by atoms with Crippen LogP contribution in [0.3, 0.4) is 0 Å². The molecule has 0 spiro atoms. The van der Waals surface area contributed by atoms with Crippen LogP contribution in [0.5, 0.6) is 0 Å². The normalized spacial score (nSPS) is 13.8. The van der Waals surface area contributed by atoms with E-state index in [2.05, 4.69) is 10.6 Å². The van der Waals surface area contributed by atoms with Crippen LogP contribution in [-0.2, 0) is 9.53 Å². The number of hydrogen-bond donors (Lipinski definition) is 2. The number of nitrogens with one attached hydrogen (secondary N) is 2. The summed E-state index contributed by atoms with van der Waals surface area (Å²) < 4.78 is 19.5. The van der Waals surface area contributed by atoms with Gasteiger partial charge in [0.15, 0.2) is 6.61 Å². The van der Waals surface area contributed by atoms with Gasteiger partial charge in [0.1, 0.15) is 10.7 Å². The third kappa shape index (κ3) is 4.91. The van der Waals surface area contributed by atoms with Gasteiger partial charge < -0.3 is 15.4 Å². The number of anilines is 1. The lowest BCUT2D eigenvalue weighted by atomic mass is 10.1. The summed E-state index contributed by atoms with van der Waals surface area (Å²) in [6.45, 7) is -0.520. The molecule has 0 aliphatic heterocycles. The van der Waals surface area contributed by atoms with Crippen molar-refractivity contribution in [2.24, 2.45) is 0 Å². The number of ether oxygens (including phenoxy) is 1. The molecule has 0 saturated heterocycles. The van der Waals surface area contributed by atoms with Gasteiger partial charge in [-0.1, -0.05) is 31.0 Å². The molecule has 3 aromatic rings. The monoisotopic (exact) mass is 440 g/mol. The third-order valence-corrected chi connectivity index (χ3v) is 6.26. The quantitative estimate of drug-likeness (QED) is 0.553. The lowest BCUT2D eigenvalue weighted by Crippen LogP contribution is -2.33. The standard InChI is InChI=1S/C23H21FN2O4S/c24-17-9-5-11-19-16(17)12-20(31-19)23(29)30-13-21(27)26-18-10-4-3-8-15(18)22(28)25-14-6-1-2-7-14/h3-5,8-12,14H,1-2,6-7,13H2,(H,25,28)(H,26,27). The summed E-state index contributed by atoms with van der Waals surface area (Å²) >= 11 is 1.10. The van der Waals surface area contributed by atoms with Crippen LogP contribution in [0.25, 0.3) is 10.1 Å². The number of carbonyl (C=O) groups excluding carboxylic acids is 3. The molecule has 0 bridgehead atoms. The van der Waals surface area contributed by atoms with Crippen LogP contribution in [0.2, 0.25) is 0 Å². The van der Waals surface area contributed by atoms with E-state index in [9.17, 15) is 18.8 Å². The molecule has 1 fully saturated rings. The molecule has 2 N–H and O–H groups in total. The first-order chi connectivity index (χ1) is 15.0. The van der Waals surface area contributed by atoms with Crippen molar-refractivity contribution < 1.29 is 23.5 Å². The zero-order chi connectivity index (χ0) is 21.8. The maximum Gasteiger partial charge on any atom is 0.348 e. The van der Waals surface area contributed by atoms with E-state index in [-0.39, 0.29) is 16.8 Å². The number of rotatable bonds is 6. The van der Waals surface area contributed by atoms with Gasteiger partial charge in [-0.3, -0.25) is 9.59 Å². The third-order valence-electron chi connectivity index (χ3n) is 5.18. The number of para-hydroxylation sites is 1. The molecular formula is C23H21FN2O4S. The number of benzene rings is 2. The smallest absolute Gasteiger partial charge is 0.348 e. The molecular weight excluding hydrogens is 419 g/mol. The topological polar surface area (TPSA) is 84.5 Å². The van der Waals surface area contributed by atoms with Crippen LogP contribution in [0.4, 0.5) is 10.1 Å². The summed E-state index contributed by atoms with van der Waals surface area (Å²) in [7, 11) is 0. The van der Waals surface area contributed by atoms with Crippen molar-refractivity contribution in [3.05, 3.63) is 64.8 Å². The van der Waals surface area contributed by atoms with Crippen molar-refractivity contribution >= 4 is 44.9 Å². The Balaban J connectivity index is 1.36. The summed E-state index contributed by atoms with van der Waals surface area (Å²) in [6.07, 6.45) is 4.11. The Morgan fingerprint density at radius 2 is 1.84 bits per heavy atom. The summed E-state index contributed by atoms with van der Waals surface area (Å²) in [5, 5.41) is 5.96. The van der Waals surface area contributed by atoms with Crippen LogP contribution in [0.15, 0.2) is 48.5 Å². The Morgan fingerprint density at radius 1 is 1.06 bits per heavy atom. The maximum atomic E-state index is 13.8. The minimum Gasteiger partial charge on any atom is -0.451 e. The van der Waals surface area contributed by atoms with Crippen LogP contribution in [-0.4, -0.2) is 30.4 Å². The van der Waals surface area contributed by atoms with Crippen LogP contribution >= 0.6 is 11.3 Å². The van der Waals surface area contributed by atoms with Crippen molar-refractivity contribution in [1.29, 1.82) is 0 Å². The number of fused-ring (bicyclic) bond motifs is 1. The van der Waals surface area contributed by atoms with Crippen molar-refractivity contribution in [3.8, 4) is 0 Å². The molecule has 2 aromatic carbocycles. The van der Waals surface area contributed by atoms with Gasteiger partial charge in [0.2, 0.25) is 0 Å². The SMILES string of the molecule is O=C(COC(=O)c1cc2c(F)cccc2s1)Nc1ccccc1C(=O)NC1CCCC1. The minimum absolute atomic E-state index is 0.156. The molecule has 2 amide bonds. The molecule has 6 nitrogen and oxygen atoms in total. The van der Waals surface area contributed by atoms with Crippen molar-refractivity contribution in [2.75, 3.05) is 11.9 Å². The zero-order valence-electron chi connectivity index (χ0n) is 16.7. The average molecular weight is 440 g/mol. The van der Waals surface area contributed by atoms with Gasteiger partial charge in [-0.15, -0.1) is 11.3 Å². The molecule has 0 atom stereocenters. The molecule has 8 heteroatoms. The van der Waals surface area contributed by atoms with Crippen molar-refractivity contribution in [2.45, 2.75) is 31.7 Å². The highest BCUT2D eigenvalue weighted by atomic mass is 32.1. The summed E-state index contributed by atoms with van der Waals surface area (Å²) in [6, 6.07) is 12.9. The zero-order valence-corrected chi connectivity index (χ0v) is 17.5. The Bertz CT molecular complexity index is 1140. The number of amides is 2. The van der Waals surface area contributed by atoms with E-state index >= 15 is 0 Å². The highest BCUT2D eigenvalue weighted by molar-refractivity contribution is 7.20. The average Bonchev–Trinajstić information content (AvgIpc) is 3.43. The predicted octanol–water partition coefficient (Wildman–Crippen LogP) is 4.51. The highest BCUT2D eigenvalue weighted by Gasteiger charge is 2.21. The van der Waals surface area contributed by atoms with E-state index < -0.39 is 24.3 Å². The van der Waals surface area contributed by atoms with Gasteiger partial charge in [-0.25, -0.2) is 9.18 Å². The molecule has 1 aliphatic carbocycles. The Labute approximate surface area is 182 Å². The minimum atomic E-state index is -0.706. The molecule has 4 rings (SSSR count). The number of esters is 1. The second-order valence-electron chi connectivity index (χ2n) is 7.39. The lowest BCUT2D eigenvalue weighted by Gasteiger charge is -2.15. The Kier molecular flexibility index (Phi) is 6.27. The first kappa shape index (κ1) is 21.0. The van der Waals surface area contributed by atoms with Gasteiger partial charge >= 0.3 is 5.97 Å². The summed E-state index contributed by atoms with van der Waals surface area (Å²) in [5.74, 6) is -1.94. The van der Waals surface area contributed by atoms with Crippen LogP contribution in [0, 0.1) is 5.82 Å². The molecule has 31 heavy (non-hydrogen) atoms. The summed E-state index contributed by atoms with van der Waals surface area (Å²) in [5.41, 5.74) is 0.706. The van der Waals surface area contributed by atoms with Gasteiger partial charge in [0.25, 0.3) is 11.8 Å². The van der Waals surface area contributed by atoms with Gasteiger partial charge in [-0.05, 0) is 43.2 Å². The molecule has 1 heterocycles. The van der Waals surface area contributed by atoms with E-state index in [1.807, 2.05) is 0 Å². The molecule has 0 radical (unpaired) electrons. The number of hydrogen-bond acceptors (Lipinski definition) is 5. The second kappa shape index (κ2) is 9.26. The van der Waals surface area contributed by atoms with Crippen LogP contribution in [0.1, 0.15) is 45.7 Å². The van der Waals surface area contributed by atoms with Gasteiger partial charge in [-0.2, -0.15) is 0 Å². The van der Waals surface area contributed by atoms with Gasteiger partial charge in [0, 0.05) is 16.1 Å². The molecule has 1 aromatic heterocycles. The molecule has 1 saturated carbocycles. The van der Waals surface area contributed by atoms with E-state index in [0.29, 0.717) is 21.3 Å². The molecule has 1 aliphatic rings. The molecule has 160 valence electrons. The van der Waals surface area contributed by atoms with E-state index in [1.165, 1.54) is 12.1 Å². The second-order valence-corrected chi connectivity index (χ2v) is 8.47. The lowest BCUT2D eigenvalue weighted by molar-refractivity contribution is -0.119. The van der Waals surface area contributed by atoms with Gasteiger partial charge in [0.05, 0.1) is 11.3 Å². The highest BCUT2D eigenvalue weighted by Crippen LogP contribution is 2.28. The first-order valence-electron chi connectivity index (χ1n) is 10.1. The maximum absolute atomic E-state index is 13.8.